The number of nitrogens with one attached hydrogen (secondary N) is 1. The van der Waals surface area contributed by atoms with Gasteiger partial charge in [-0.1, -0.05) is 0 Å². The molecule has 0 bridgehead atoms. The highest BCUT2D eigenvalue weighted by Gasteiger charge is 2.19. The number of rotatable bonds is 3. The minimum Gasteiger partial charge on any atom is -0.273 e. The smallest absolute Gasteiger partial charge is 0.273 e. The largest absolute Gasteiger partial charge is 0.343 e. The first kappa shape index (κ1) is 12.8. The first-order chi connectivity index (χ1) is 8.49. The number of halogens is 1. The highest BCUT2D eigenvalue weighted by molar-refractivity contribution is 9.10. The number of aromatic amines is 1. The van der Waals surface area contributed by atoms with Crippen LogP contribution in [0.15, 0.2) is 31.7 Å². The summed E-state index contributed by atoms with van der Waals surface area (Å²) >= 11 is 4.06. The third kappa shape index (κ3) is 2.43. The molecule has 18 heavy (non-hydrogen) atoms. The van der Waals surface area contributed by atoms with Gasteiger partial charge in [0.2, 0.25) is 0 Å². The second-order valence-electron chi connectivity index (χ2n) is 3.21. The summed E-state index contributed by atoms with van der Waals surface area (Å²) in [6.07, 6.45) is 1.44. The van der Waals surface area contributed by atoms with Crippen molar-refractivity contribution in [2.45, 2.75) is 10.2 Å². The van der Waals surface area contributed by atoms with Crippen LogP contribution in [0, 0.1) is 10.1 Å². The number of nitro groups is 1. The molecule has 0 unspecified atom stereocenters. The molecule has 2 aromatic heterocycles. The number of nitrogens with zero attached hydrogens (tertiary/aromatic N) is 4. The minimum absolute atomic E-state index is 0.148. The fourth-order valence-electron chi connectivity index (χ4n) is 1.14. The van der Waals surface area contributed by atoms with Gasteiger partial charge in [0.1, 0.15) is 0 Å². The Labute approximate surface area is 113 Å². The monoisotopic (exact) mass is 331 g/mol. The topological polar surface area (TPSA) is 107 Å². The van der Waals surface area contributed by atoms with E-state index in [0.29, 0.717) is 9.63 Å². The van der Waals surface area contributed by atoms with Gasteiger partial charge in [-0.3, -0.25) is 14.7 Å². The lowest BCUT2D eigenvalue weighted by Crippen LogP contribution is -2.12. The van der Waals surface area contributed by atoms with Crippen LogP contribution in [0.3, 0.4) is 0 Å². The van der Waals surface area contributed by atoms with E-state index in [0.717, 1.165) is 11.8 Å². The zero-order valence-corrected chi connectivity index (χ0v) is 11.4. The van der Waals surface area contributed by atoms with Crippen molar-refractivity contribution in [3.63, 3.8) is 0 Å². The molecule has 8 nitrogen and oxygen atoms in total. The van der Waals surface area contributed by atoms with E-state index < -0.39 is 10.6 Å². The zero-order chi connectivity index (χ0) is 13.3. The van der Waals surface area contributed by atoms with Gasteiger partial charge < -0.3 is 0 Å². The van der Waals surface area contributed by atoms with Gasteiger partial charge in [0, 0.05) is 23.8 Å². The average molecular weight is 332 g/mol. The van der Waals surface area contributed by atoms with Gasteiger partial charge in [-0.05, 0) is 27.7 Å². The predicted molar refractivity (Wildman–Crippen MR) is 66.5 cm³/mol. The average Bonchev–Trinajstić information content (AvgIpc) is 2.63. The molecule has 2 heterocycles. The third-order valence-electron chi connectivity index (χ3n) is 2.02. The molecular weight excluding hydrogens is 326 g/mol. The zero-order valence-electron chi connectivity index (χ0n) is 8.95. The standard InChI is InChI=1S/C8H6BrN5O3S/c1-13-7(15)11-12-8(13)18-6-5(14(16)17)2-4(9)3-10-6/h2-3H,1H3,(H,11,15). The molecule has 0 aromatic carbocycles. The van der Waals surface area contributed by atoms with Crippen molar-refractivity contribution in [2.75, 3.05) is 0 Å². The maximum atomic E-state index is 11.2. The normalized spacial score (nSPS) is 10.6. The van der Waals surface area contributed by atoms with E-state index in [-0.39, 0.29) is 10.7 Å². The van der Waals surface area contributed by atoms with Crippen LogP contribution < -0.4 is 5.69 Å². The number of pyridine rings is 1. The highest BCUT2D eigenvalue weighted by atomic mass is 79.9. The lowest BCUT2D eigenvalue weighted by Gasteiger charge is -2.01. The van der Waals surface area contributed by atoms with Crippen LogP contribution in [-0.2, 0) is 7.05 Å². The van der Waals surface area contributed by atoms with Crippen molar-refractivity contribution >= 4 is 33.4 Å². The molecule has 0 atom stereocenters. The highest BCUT2D eigenvalue weighted by Crippen LogP contribution is 2.32. The molecule has 0 aliphatic heterocycles. The van der Waals surface area contributed by atoms with E-state index in [9.17, 15) is 14.9 Å². The van der Waals surface area contributed by atoms with Crippen LogP contribution >= 0.6 is 27.7 Å². The van der Waals surface area contributed by atoms with Gasteiger partial charge in [-0.15, -0.1) is 5.10 Å². The molecule has 0 spiro atoms. The lowest BCUT2D eigenvalue weighted by atomic mass is 10.4. The molecule has 0 amide bonds. The van der Waals surface area contributed by atoms with Crippen molar-refractivity contribution in [3.8, 4) is 0 Å². The van der Waals surface area contributed by atoms with Crippen LogP contribution in [-0.4, -0.2) is 24.7 Å². The van der Waals surface area contributed by atoms with E-state index >= 15 is 0 Å². The summed E-state index contributed by atoms with van der Waals surface area (Å²) in [6.45, 7) is 0. The Kier molecular flexibility index (Phi) is 3.48. The minimum atomic E-state index is -0.537. The fraction of sp³-hybridized carbons (Fsp3) is 0.125. The molecule has 2 aromatic rings. The molecule has 0 saturated carbocycles. The Morgan fingerprint density at radius 2 is 2.33 bits per heavy atom. The molecule has 0 aliphatic rings. The number of hydrogen-bond acceptors (Lipinski definition) is 6. The molecule has 0 aliphatic carbocycles. The van der Waals surface area contributed by atoms with Crippen LogP contribution in [0.5, 0.6) is 0 Å². The van der Waals surface area contributed by atoms with Gasteiger partial charge in [0.15, 0.2) is 10.2 Å². The lowest BCUT2D eigenvalue weighted by molar-refractivity contribution is -0.388. The Balaban J connectivity index is 2.43. The van der Waals surface area contributed by atoms with Crippen LogP contribution in [0.4, 0.5) is 5.69 Å². The quantitative estimate of drug-likeness (QED) is 0.671. The number of aromatic nitrogens is 4. The molecule has 2 rings (SSSR count). The first-order valence-corrected chi connectivity index (χ1v) is 6.19. The maximum absolute atomic E-state index is 11.2. The van der Waals surface area contributed by atoms with E-state index in [1.165, 1.54) is 23.9 Å². The number of hydrogen-bond donors (Lipinski definition) is 1. The molecule has 0 fully saturated rings. The van der Waals surface area contributed by atoms with Crippen molar-refractivity contribution in [1.29, 1.82) is 0 Å². The summed E-state index contributed by atoms with van der Waals surface area (Å²) < 4.78 is 1.76. The van der Waals surface area contributed by atoms with E-state index in [1.54, 1.807) is 0 Å². The Bertz CT molecular complexity index is 667. The van der Waals surface area contributed by atoms with Crippen LogP contribution in [0.1, 0.15) is 0 Å². The van der Waals surface area contributed by atoms with Crippen LogP contribution in [0.2, 0.25) is 0 Å². The molecular formula is C8H6BrN5O3S. The summed E-state index contributed by atoms with van der Waals surface area (Å²) in [6, 6.07) is 1.35. The molecule has 1 N–H and O–H groups in total. The molecule has 10 heteroatoms. The van der Waals surface area contributed by atoms with Gasteiger partial charge in [0.05, 0.1) is 4.92 Å². The SMILES string of the molecule is Cn1c(Sc2ncc(Br)cc2[N+](=O)[O-])n[nH]c1=O. The molecule has 0 saturated heterocycles. The van der Waals surface area contributed by atoms with E-state index in [2.05, 4.69) is 31.1 Å². The Morgan fingerprint density at radius 3 is 2.89 bits per heavy atom. The predicted octanol–water partition coefficient (Wildman–Crippen LogP) is 1.33. The van der Waals surface area contributed by atoms with Gasteiger partial charge in [0.25, 0.3) is 0 Å². The maximum Gasteiger partial charge on any atom is 0.343 e. The summed E-state index contributed by atoms with van der Waals surface area (Å²) in [7, 11) is 1.51. The Hall–Kier alpha value is -1.68. The fourth-order valence-corrected chi connectivity index (χ4v) is 2.28. The van der Waals surface area contributed by atoms with Crippen molar-refractivity contribution in [2.24, 2.45) is 7.05 Å². The third-order valence-corrected chi connectivity index (χ3v) is 3.51. The van der Waals surface area contributed by atoms with E-state index in [1.807, 2.05) is 0 Å². The van der Waals surface area contributed by atoms with Crippen molar-refractivity contribution < 1.29 is 4.92 Å². The molecule has 94 valence electrons. The van der Waals surface area contributed by atoms with Gasteiger partial charge in [-0.25, -0.2) is 14.9 Å². The Morgan fingerprint density at radius 1 is 1.61 bits per heavy atom. The first-order valence-electron chi connectivity index (χ1n) is 4.58. The molecule has 0 radical (unpaired) electrons. The summed E-state index contributed by atoms with van der Waals surface area (Å²) in [4.78, 5) is 25.5. The van der Waals surface area contributed by atoms with Crippen LogP contribution in [0.25, 0.3) is 0 Å². The van der Waals surface area contributed by atoms with E-state index in [4.69, 9.17) is 0 Å². The van der Waals surface area contributed by atoms with Gasteiger partial charge >= 0.3 is 11.4 Å². The van der Waals surface area contributed by atoms with Crippen molar-refractivity contribution in [1.82, 2.24) is 19.7 Å². The summed E-state index contributed by atoms with van der Waals surface area (Å²) in [5.41, 5.74) is -0.540. The summed E-state index contributed by atoms with van der Waals surface area (Å²) in [5, 5.41) is 17.4. The van der Waals surface area contributed by atoms with Crippen molar-refractivity contribution in [3.05, 3.63) is 37.3 Å². The second-order valence-corrected chi connectivity index (χ2v) is 5.08. The number of H-pyrrole nitrogens is 1. The summed E-state index contributed by atoms with van der Waals surface area (Å²) in [5.74, 6) is 0. The second kappa shape index (κ2) is 4.90. The van der Waals surface area contributed by atoms with Gasteiger partial charge in [-0.2, -0.15) is 0 Å².